The number of nitro benzene ring substituents is 1. The van der Waals surface area contributed by atoms with Gasteiger partial charge in [-0.05, 0) is 45.8 Å². The molecule has 1 aromatic rings. The van der Waals surface area contributed by atoms with E-state index in [1.807, 2.05) is 13.0 Å². The SMILES string of the molecule is CC(C)=CCCC(C)=CC1OCC(c2ccccc2[N+](=O)[O-])O1. The summed E-state index contributed by atoms with van der Waals surface area (Å²) < 4.78 is 11.4. The van der Waals surface area contributed by atoms with Gasteiger partial charge >= 0.3 is 0 Å². The van der Waals surface area contributed by atoms with Crippen molar-refractivity contribution in [1.82, 2.24) is 0 Å². The summed E-state index contributed by atoms with van der Waals surface area (Å²) in [6.45, 7) is 6.54. The van der Waals surface area contributed by atoms with Crippen molar-refractivity contribution in [2.24, 2.45) is 0 Å². The highest BCUT2D eigenvalue weighted by Gasteiger charge is 2.30. The van der Waals surface area contributed by atoms with E-state index in [1.165, 1.54) is 17.2 Å². The molecule has 0 N–H and O–H groups in total. The molecule has 1 fully saturated rings. The van der Waals surface area contributed by atoms with Crippen molar-refractivity contribution in [2.75, 3.05) is 6.61 Å². The average molecular weight is 317 g/mol. The maximum absolute atomic E-state index is 11.1. The van der Waals surface area contributed by atoms with Crippen molar-refractivity contribution < 1.29 is 14.4 Å². The fourth-order valence-electron chi connectivity index (χ4n) is 2.50. The van der Waals surface area contributed by atoms with Gasteiger partial charge < -0.3 is 9.47 Å². The Kier molecular flexibility index (Phi) is 6.07. The Hall–Kier alpha value is -1.98. The van der Waals surface area contributed by atoms with Crippen LogP contribution in [0.5, 0.6) is 0 Å². The fraction of sp³-hybridized carbons (Fsp3) is 0.444. The van der Waals surface area contributed by atoms with Gasteiger partial charge in [-0.25, -0.2) is 0 Å². The van der Waals surface area contributed by atoms with Crippen LogP contribution in [0.25, 0.3) is 0 Å². The van der Waals surface area contributed by atoms with Gasteiger partial charge in [-0.2, -0.15) is 0 Å². The van der Waals surface area contributed by atoms with Crippen LogP contribution >= 0.6 is 0 Å². The normalized spacial score (nSPS) is 21.3. The number of nitrogens with zero attached hydrogens (tertiary/aromatic N) is 1. The van der Waals surface area contributed by atoms with Crippen molar-refractivity contribution in [1.29, 1.82) is 0 Å². The number of rotatable bonds is 6. The molecule has 2 unspecified atom stereocenters. The summed E-state index contributed by atoms with van der Waals surface area (Å²) in [7, 11) is 0. The summed E-state index contributed by atoms with van der Waals surface area (Å²) in [5, 5.41) is 11.1. The second kappa shape index (κ2) is 8.04. The van der Waals surface area contributed by atoms with Crippen LogP contribution in [-0.4, -0.2) is 17.8 Å². The van der Waals surface area contributed by atoms with Crippen LogP contribution in [0.15, 0.2) is 47.6 Å². The lowest BCUT2D eigenvalue weighted by atomic mass is 10.1. The van der Waals surface area contributed by atoms with Crippen LogP contribution in [0.4, 0.5) is 5.69 Å². The lowest BCUT2D eigenvalue weighted by Gasteiger charge is -2.10. The Morgan fingerprint density at radius 1 is 1.35 bits per heavy atom. The zero-order valence-corrected chi connectivity index (χ0v) is 13.8. The number of allylic oxidation sites excluding steroid dienone is 3. The van der Waals surface area contributed by atoms with E-state index in [4.69, 9.17) is 9.47 Å². The molecule has 0 amide bonds. The van der Waals surface area contributed by atoms with Crippen LogP contribution in [0, 0.1) is 10.1 Å². The zero-order valence-electron chi connectivity index (χ0n) is 13.8. The van der Waals surface area contributed by atoms with E-state index in [0.29, 0.717) is 12.2 Å². The first-order chi connectivity index (χ1) is 11.0. The predicted molar refractivity (Wildman–Crippen MR) is 89.1 cm³/mol. The second-order valence-corrected chi connectivity index (χ2v) is 5.98. The molecule has 0 aliphatic carbocycles. The molecular formula is C18H23NO4. The molecule has 1 aliphatic rings. The van der Waals surface area contributed by atoms with E-state index < -0.39 is 12.4 Å². The number of para-hydroxylation sites is 1. The van der Waals surface area contributed by atoms with Crippen molar-refractivity contribution in [2.45, 2.75) is 46.0 Å². The van der Waals surface area contributed by atoms with Gasteiger partial charge in [0.15, 0.2) is 6.29 Å². The molecule has 0 aromatic heterocycles. The first kappa shape index (κ1) is 17.4. The average Bonchev–Trinajstić information content (AvgIpc) is 2.95. The van der Waals surface area contributed by atoms with E-state index in [2.05, 4.69) is 19.9 Å². The summed E-state index contributed by atoms with van der Waals surface area (Å²) in [5.74, 6) is 0. The molecule has 0 spiro atoms. The summed E-state index contributed by atoms with van der Waals surface area (Å²) in [5.41, 5.74) is 3.14. The van der Waals surface area contributed by atoms with Crippen LogP contribution in [0.3, 0.4) is 0 Å². The van der Waals surface area contributed by atoms with Gasteiger partial charge in [0, 0.05) is 6.07 Å². The molecule has 2 rings (SSSR count). The van der Waals surface area contributed by atoms with Gasteiger partial charge in [0.05, 0.1) is 17.1 Å². The quantitative estimate of drug-likeness (QED) is 0.433. The van der Waals surface area contributed by atoms with Crippen molar-refractivity contribution >= 4 is 5.69 Å². The predicted octanol–water partition coefficient (Wildman–Crippen LogP) is 4.70. The van der Waals surface area contributed by atoms with Crippen LogP contribution < -0.4 is 0 Å². The van der Waals surface area contributed by atoms with E-state index >= 15 is 0 Å². The van der Waals surface area contributed by atoms with Crippen LogP contribution in [0.2, 0.25) is 0 Å². The third-order valence-electron chi connectivity index (χ3n) is 3.70. The van der Waals surface area contributed by atoms with Gasteiger partial charge in [0.2, 0.25) is 0 Å². The van der Waals surface area contributed by atoms with Crippen molar-refractivity contribution in [3.8, 4) is 0 Å². The largest absolute Gasteiger partial charge is 0.346 e. The first-order valence-electron chi connectivity index (χ1n) is 7.78. The lowest BCUT2D eigenvalue weighted by molar-refractivity contribution is -0.386. The highest BCUT2D eigenvalue weighted by atomic mass is 16.7. The van der Waals surface area contributed by atoms with E-state index in [-0.39, 0.29) is 10.6 Å². The minimum absolute atomic E-state index is 0.0750. The number of hydrogen-bond acceptors (Lipinski definition) is 4. The molecule has 5 heteroatoms. The smallest absolute Gasteiger partial charge is 0.275 e. The Morgan fingerprint density at radius 3 is 2.78 bits per heavy atom. The molecular weight excluding hydrogens is 294 g/mol. The number of hydrogen-bond donors (Lipinski definition) is 0. The van der Waals surface area contributed by atoms with Gasteiger partial charge in [0.1, 0.15) is 6.10 Å². The molecule has 0 saturated carbocycles. The van der Waals surface area contributed by atoms with E-state index in [9.17, 15) is 10.1 Å². The molecule has 2 atom stereocenters. The lowest BCUT2D eigenvalue weighted by Crippen LogP contribution is -2.07. The number of benzene rings is 1. The summed E-state index contributed by atoms with van der Waals surface area (Å²) in [6.07, 6.45) is 5.25. The highest BCUT2D eigenvalue weighted by Crippen LogP contribution is 2.33. The fourth-order valence-corrected chi connectivity index (χ4v) is 2.50. The zero-order chi connectivity index (χ0) is 16.8. The molecule has 0 radical (unpaired) electrons. The Labute approximate surface area is 136 Å². The number of ether oxygens (including phenoxy) is 2. The van der Waals surface area contributed by atoms with E-state index in [0.717, 1.165) is 12.8 Å². The summed E-state index contributed by atoms with van der Waals surface area (Å²) in [4.78, 5) is 10.7. The van der Waals surface area contributed by atoms with Gasteiger partial charge in [-0.3, -0.25) is 10.1 Å². The molecule has 1 aliphatic heterocycles. The van der Waals surface area contributed by atoms with Gasteiger partial charge in [-0.15, -0.1) is 0 Å². The molecule has 1 saturated heterocycles. The second-order valence-electron chi connectivity index (χ2n) is 5.98. The highest BCUT2D eigenvalue weighted by molar-refractivity contribution is 5.41. The molecule has 5 nitrogen and oxygen atoms in total. The van der Waals surface area contributed by atoms with Gasteiger partial charge in [-0.1, -0.05) is 29.4 Å². The minimum Gasteiger partial charge on any atom is -0.346 e. The summed E-state index contributed by atoms with van der Waals surface area (Å²) in [6, 6.07) is 6.65. The molecule has 23 heavy (non-hydrogen) atoms. The van der Waals surface area contributed by atoms with Crippen molar-refractivity contribution in [3.63, 3.8) is 0 Å². The molecule has 0 bridgehead atoms. The number of nitro groups is 1. The third-order valence-corrected chi connectivity index (χ3v) is 3.70. The molecule has 124 valence electrons. The minimum atomic E-state index is -0.438. The first-order valence-corrected chi connectivity index (χ1v) is 7.78. The standard InChI is InChI=1S/C18H23NO4/c1-13(2)7-6-8-14(3)11-18-22-12-17(23-18)15-9-4-5-10-16(15)19(20)21/h4-5,7,9-11,17-18H,6,8,12H2,1-3H3. The maximum Gasteiger partial charge on any atom is 0.275 e. The maximum atomic E-state index is 11.1. The topological polar surface area (TPSA) is 61.6 Å². The van der Waals surface area contributed by atoms with Crippen molar-refractivity contribution in [3.05, 3.63) is 63.2 Å². The van der Waals surface area contributed by atoms with Gasteiger partial charge in [0.25, 0.3) is 5.69 Å². The van der Waals surface area contributed by atoms with Crippen LogP contribution in [0.1, 0.15) is 45.3 Å². The molecule has 1 aromatic carbocycles. The molecule has 1 heterocycles. The van der Waals surface area contributed by atoms with Crippen LogP contribution in [-0.2, 0) is 9.47 Å². The monoisotopic (exact) mass is 317 g/mol. The Balaban J connectivity index is 1.99. The third kappa shape index (κ3) is 5.01. The van der Waals surface area contributed by atoms with E-state index in [1.54, 1.807) is 18.2 Å². The Bertz CT molecular complexity index is 617. The Morgan fingerprint density at radius 2 is 2.09 bits per heavy atom. The summed E-state index contributed by atoms with van der Waals surface area (Å²) >= 11 is 0.